The summed E-state index contributed by atoms with van der Waals surface area (Å²) < 4.78 is 0. The Hall–Kier alpha value is -1.04. The fourth-order valence-electron chi connectivity index (χ4n) is 2.09. The first-order valence-corrected chi connectivity index (χ1v) is 7.49. The number of thioether (sulfide) groups is 1. The van der Waals surface area contributed by atoms with Crippen LogP contribution in [0, 0.1) is 12.8 Å². The van der Waals surface area contributed by atoms with E-state index in [0.29, 0.717) is 18.8 Å². The minimum Gasteiger partial charge on any atom is -0.391 e. The Kier molecular flexibility index (Phi) is 5.24. The van der Waals surface area contributed by atoms with E-state index in [4.69, 9.17) is 0 Å². The van der Waals surface area contributed by atoms with Crippen LogP contribution in [0.1, 0.15) is 5.56 Å². The van der Waals surface area contributed by atoms with E-state index in [0.717, 1.165) is 11.4 Å². The van der Waals surface area contributed by atoms with Crippen molar-refractivity contribution in [3.05, 3.63) is 29.8 Å². The van der Waals surface area contributed by atoms with Crippen molar-refractivity contribution in [2.24, 2.45) is 5.92 Å². The molecule has 2 rings (SSSR count). The van der Waals surface area contributed by atoms with Gasteiger partial charge < -0.3 is 15.7 Å². The van der Waals surface area contributed by atoms with Crippen LogP contribution in [0.25, 0.3) is 0 Å². The SMILES string of the molecule is Cc1ccccc1SCC(=O)NCC1CNCC1O. The third kappa shape index (κ3) is 4.23. The summed E-state index contributed by atoms with van der Waals surface area (Å²) in [4.78, 5) is 12.9. The van der Waals surface area contributed by atoms with E-state index >= 15 is 0 Å². The van der Waals surface area contributed by atoms with Crippen molar-refractivity contribution in [2.45, 2.75) is 17.9 Å². The van der Waals surface area contributed by atoms with Gasteiger partial charge in [-0.05, 0) is 18.6 Å². The molecule has 0 radical (unpaired) electrons. The van der Waals surface area contributed by atoms with Crippen LogP contribution in [0.4, 0.5) is 0 Å². The zero-order chi connectivity index (χ0) is 13.7. The van der Waals surface area contributed by atoms with E-state index < -0.39 is 0 Å². The zero-order valence-corrected chi connectivity index (χ0v) is 11.9. The summed E-state index contributed by atoms with van der Waals surface area (Å²) in [7, 11) is 0. The number of aryl methyl sites for hydroxylation is 1. The van der Waals surface area contributed by atoms with E-state index in [-0.39, 0.29) is 17.9 Å². The Morgan fingerprint density at radius 1 is 1.47 bits per heavy atom. The Morgan fingerprint density at radius 3 is 2.95 bits per heavy atom. The van der Waals surface area contributed by atoms with Crippen LogP contribution >= 0.6 is 11.8 Å². The van der Waals surface area contributed by atoms with Gasteiger partial charge in [-0.2, -0.15) is 0 Å². The van der Waals surface area contributed by atoms with Crippen molar-refractivity contribution < 1.29 is 9.90 Å². The van der Waals surface area contributed by atoms with Crippen molar-refractivity contribution in [3.8, 4) is 0 Å². The molecule has 2 atom stereocenters. The third-order valence-electron chi connectivity index (χ3n) is 3.32. The predicted octanol–water partition coefficient (Wildman–Crippen LogP) is 0.784. The molecular formula is C14H20N2O2S. The van der Waals surface area contributed by atoms with E-state index in [1.54, 1.807) is 11.8 Å². The number of benzene rings is 1. The Morgan fingerprint density at radius 2 is 2.26 bits per heavy atom. The lowest BCUT2D eigenvalue weighted by atomic mass is 10.1. The highest BCUT2D eigenvalue weighted by Crippen LogP contribution is 2.21. The standard InChI is InChI=1S/C14H20N2O2S/c1-10-4-2-3-5-13(10)19-9-14(18)16-7-11-6-15-8-12(11)17/h2-5,11-12,15,17H,6-9H2,1H3,(H,16,18). The van der Waals surface area contributed by atoms with Gasteiger partial charge in [-0.1, -0.05) is 18.2 Å². The van der Waals surface area contributed by atoms with E-state index in [1.807, 2.05) is 31.2 Å². The van der Waals surface area contributed by atoms with Crippen molar-refractivity contribution in [1.82, 2.24) is 10.6 Å². The number of carbonyl (C=O) groups is 1. The van der Waals surface area contributed by atoms with Crippen LogP contribution < -0.4 is 10.6 Å². The molecule has 1 aliphatic rings. The Bertz CT molecular complexity index is 439. The van der Waals surface area contributed by atoms with Gasteiger partial charge in [-0.3, -0.25) is 4.79 Å². The molecule has 1 amide bonds. The second-order valence-electron chi connectivity index (χ2n) is 4.84. The molecule has 1 fully saturated rings. The molecule has 0 aliphatic carbocycles. The second-order valence-corrected chi connectivity index (χ2v) is 5.86. The summed E-state index contributed by atoms with van der Waals surface area (Å²) >= 11 is 1.55. The zero-order valence-electron chi connectivity index (χ0n) is 11.1. The molecule has 0 bridgehead atoms. The monoisotopic (exact) mass is 280 g/mol. The van der Waals surface area contributed by atoms with Gasteiger partial charge in [-0.15, -0.1) is 11.8 Å². The molecular weight excluding hydrogens is 260 g/mol. The second kappa shape index (κ2) is 6.93. The average Bonchev–Trinajstić information content (AvgIpc) is 2.81. The molecule has 104 valence electrons. The van der Waals surface area contributed by atoms with Gasteiger partial charge in [0.15, 0.2) is 0 Å². The first-order chi connectivity index (χ1) is 9.16. The molecule has 3 N–H and O–H groups in total. The summed E-state index contributed by atoms with van der Waals surface area (Å²) in [6.45, 7) is 3.98. The lowest BCUT2D eigenvalue weighted by Crippen LogP contribution is -2.35. The lowest BCUT2D eigenvalue weighted by Gasteiger charge is -2.14. The first kappa shape index (κ1) is 14.4. The molecule has 1 aliphatic heterocycles. The number of hydrogen-bond acceptors (Lipinski definition) is 4. The first-order valence-electron chi connectivity index (χ1n) is 6.50. The summed E-state index contributed by atoms with van der Waals surface area (Å²) in [5.41, 5.74) is 1.19. The molecule has 1 saturated heterocycles. The molecule has 0 spiro atoms. The van der Waals surface area contributed by atoms with Gasteiger partial charge in [0.1, 0.15) is 0 Å². The largest absolute Gasteiger partial charge is 0.391 e. The molecule has 0 aromatic heterocycles. The minimum absolute atomic E-state index is 0.0207. The van der Waals surface area contributed by atoms with Crippen molar-refractivity contribution in [1.29, 1.82) is 0 Å². The van der Waals surface area contributed by atoms with Crippen LogP contribution in [0.5, 0.6) is 0 Å². The summed E-state index contributed by atoms with van der Waals surface area (Å²) in [5.74, 6) is 0.570. The molecule has 19 heavy (non-hydrogen) atoms. The molecule has 4 nitrogen and oxygen atoms in total. The summed E-state index contributed by atoms with van der Waals surface area (Å²) in [5, 5.41) is 15.6. The lowest BCUT2D eigenvalue weighted by molar-refractivity contribution is -0.118. The number of hydrogen-bond donors (Lipinski definition) is 3. The van der Waals surface area contributed by atoms with Gasteiger partial charge in [0.2, 0.25) is 5.91 Å². The maximum atomic E-state index is 11.8. The van der Waals surface area contributed by atoms with Gasteiger partial charge in [0, 0.05) is 30.4 Å². The summed E-state index contributed by atoms with van der Waals surface area (Å²) in [6.07, 6.45) is -0.343. The van der Waals surface area contributed by atoms with Crippen molar-refractivity contribution in [2.75, 3.05) is 25.4 Å². The van der Waals surface area contributed by atoms with Crippen molar-refractivity contribution in [3.63, 3.8) is 0 Å². The topological polar surface area (TPSA) is 61.4 Å². The number of β-amino-alcohol motifs (C(OH)–C–C–N with tert-alkyl or cyclic N) is 1. The normalized spacial score (nSPS) is 22.4. The molecule has 5 heteroatoms. The van der Waals surface area contributed by atoms with E-state index in [2.05, 4.69) is 10.6 Å². The van der Waals surface area contributed by atoms with Crippen LogP contribution in [0.3, 0.4) is 0 Å². The Balaban J connectivity index is 1.71. The van der Waals surface area contributed by atoms with Crippen molar-refractivity contribution >= 4 is 17.7 Å². The quantitative estimate of drug-likeness (QED) is 0.698. The highest BCUT2D eigenvalue weighted by atomic mass is 32.2. The van der Waals surface area contributed by atoms with Crippen LogP contribution in [-0.4, -0.2) is 42.5 Å². The molecule has 2 unspecified atom stereocenters. The van der Waals surface area contributed by atoms with Crippen LogP contribution in [-0.2, 0) is 4.79 Å². The van der Waals surface area contributed by atoms with Crippen LogP contribution in [0.2, 0.25) is 0 Å². The maximum Gasteiger partial charge on any atom is 0.230 e. The van der Waals surface area contributed by atoms with Crippen LogP contribution in [0.15, 0.2) is 29.2 Å². The predicted molar refractivity (Wildman–Crippen MR) is 77.3 cm³/mol. The van der Waals surface area contributed by atoms with E-state index in [1.165, 1.54) is 5.56 Å². The molecule has 0 saturated carbocycles. The number of aliphatic hydroxyl groups excluding tert-OH is 1. The number of rotatable bonds is 5. The Labute approximate surface area is 118 Å². The number of nitrogens with one attached hydrogen (secondary N) is 2. The van der Waals surface area contributed by atoms with Gasteiger partial charge >= 0.3 is 0 Å². The smallest absolute Gasteiger partial charge is 0.230 e. The molecule has 1 aromatic rings. The fraction of sp³-hybridized carbons (Fsp3) is 0.500. The van der Waals surface area contributed by atoms with Gasteiger partial charge in [0.05, 0.1) is 11.9 Å². The number of amides is 1. The number of carbonyl (C=O) groups excluding carboxylic acids is 1. The molecule has 1 aromatic carbocycles. The van der Waals surface area contributed by atoms with Gasteiger partial charge in [0.25, 0.3) is 0 Å². The van der Waals surface area contributed by atoms with Gasteiger partial charge in [-0.25, -0.2) is 0 Å². The number of aliphatic hydroxyl groups is 1. The third-order valence-corrected chi connectivity index (χ3v) is 4.49. The molecule has 1 heterocycles. The summed E-state index contributed by atoms with van der Waals surface area (Å²) in [6, 6.07) is 8.04. The fourth-order valence-corrected chi connectivity index (χ4v) is 2.94. The van der Waals surface area contributed by atoms with E-state index in [9.17, 15) is 9.90 Å². The highest BCUT2D eigenvalue weighted by molar-refractivity contribution is 8.00. The minimum atomic E-state index is -0.343. The maximum absolute atomic E-state index is 11.8. The highest BCUT2D eigenvalue weighted by Gasteiger charge is 2.24. The average molecular weight is 280 g/mol.